The first-order chi connectivity index (χ1) is 13.1. The quantitative estimate of drug-likeness (QED) is 0.877. The van der Waals surface area contributed by atoms with E-state index in [1.54, 1.807) is 4.90 Å². The Morgan fingerprint density at radius 3 is 2.52 bits per heavy atom. The number of hydrogen-bond donors (Lipinski definition) is 1. The number of carbonyl (C=O) groups is 2. The maximum Gasteiger partial charge on any atom is 0.328 e. The average Bonchev–Trinajstić information content (AvgIpc) is 2.70. The van der Waals surface area contributed by atoms with Crippen molar-refractivity contribution in [3.63, 3.8) is 0 Å². The zero-order chi connectivity index (χ0) is 18.8. The van der Waals surface area contributed by atoms with E-state index >= 15 is 0 Å². The number of imide groups is 1. The van der Waals surface area contributed by atoms with Gasteiger partial charge in [0, 0.05) is 5.02 Å². The van der Waals surface area contributed by atoms with Crippen LogP contribution in [0, 0.1) is 5.92 Å². The minimum atomic E-state index is -0.276. The summed E-state index contributed by atoms with van der Waals surface area (Å²) in [5.41, 5.74) is 1.83. The highest BCUT2D eigenvalue weighted by molar-refractivity contribution is 6.31. The van der Waals surface area contributed by atoms with Gasteiger partial charge in [-0.1, -0.05) is 60.1 Å². The SMILES string of the molecule is O=C1C2CCCNC2N(Cc2ccccc2Cl)C(=O)N1Cc1ccccc1. The second-order valence-electron chi connectivity index (χ2n) is 7.06. The van der Waals surface area contributed by atoms with Crippen molar-refractivity contribution in [2.24, 2.45) is 5.92 Å². The van der Waals surface area contributed by atoms with E-state index in [-0.39, 0.29) is 24.0 Å². The highest BCUT2D eigenvalue weighted by Gasteiger charge is 2.47. The molecule has 2 saturated heterocycles. The molecule has 0 saturated carbocycles. The standard InChI is InChI=1S/C21H22ClN3O2/c22-18-11-5-4-9-16(18)14-24-19-17(10-6-12-23-19)20(26)25(21(24)27)13-15-7-2-1-3-8-15/h1-5,7-9,11,17,19,23H,6,10,12-14H2. The Bertz CT molecular complexity index is 842. The van der Waals surface area contributed by atoms with E-state index < -0.39 is 0 Å². The van der Waals surface area contributed by atoms with E-state index in [2.05, 4.69) is 5.32 Å². The summed E-state index contributed by atoms with van der Waals surface area (Å²) in [5.74, 6) is -0.306. The van der Waals surface area contributed by atoms with Crippen LogP contribution in [0.3, 0.4) is 0 Å². The van der Waals surface area contributed by atoms with Gasteiger partial charge < -0.3 is 4.90 Å². The molecule has 0 aromatic heterocycles. The lowest BCUT2D eigenvalue weighted by atomic mass is 9.91. The van der Waals surface area contributed by atoms with E-state index in [4.69, 9.17) is 11.6 Å². The van der Waals surface area contributed by atoms with Crippen molar-refractivity contribution >= 4 is 23.5 Å². The largest absolute Gasteiger partial charge is 0.328 e. The Labute approximate surface area is 163 Å². The van der Waals surface area contributed by atoms with E-state index in [1.165, 1.54) is 4.90 Å². The fraction of sp³-hybridized carbons (Fsp3) is 0.333. The van der Waals surface area contributed by atoms with Gasteiger partial charge in [0.2, 0.25) is 5.91 Å². The van der Waals surface area contributed by atoms with Crippen molar-refractivity contribution in [1.82, 2.24) is 15.1 Å². The molecule has 5 nitrogen and oxygen atoms in total. The first kappa shape index (κ1) is 18.0. The first-order valence-electron chi connectivity index (χ1n) is 9.28. The molecule has 0 aliphatic carbocycles. The molecule has 2 aliphatic heterocycles. The number of benzene rings is 2. The number of amides is 3. The number of rotatable bonds is 4. The maximum atomic E-state index is 13.3. The second-order valence-corrected chi connectivity index (χ2v) is 7.47. The monoisotopic (exact) mass is 383 g/mol. The van der Waals surface area contributed by atoms with E-state index in [9.17, 15) is 9.59 Å². The Morgan fingerprint density at radius 1 is 1.00 bits per heavy atom. The number of carbonyl (C=O) groups excluding carboxylic acids is 2. The number of fused-ring (bicyclic) bond motifs is 1. The van der Waals surface area contributed by atoms with Crippen LogP contribution in [-0.2, 0) is 17.9 Å². The van der Waals surface area contributed by atoms with Crippen LogP contribution in [0.25, 0.3) is 0 Å². The van der Waals surface area contributed by atoms with Crippen LogP contribution in [0.15, 0.2) is 54.6 Å². The van der Waals surface area contributed by atoms with Gasteiger partial charge in [-0.25, -0.2) is 4.79 Å². The van der Waals surface area contributed by atoms with Crippen molar-refractivity contribution in [2.75, 3.05) is 6.54 Å². The molecule has 2 atom stereocenters. The molecule has 0 bridgehead atoms. The van der Waals surface area contributed by atoms with Gasteiger partial charge >= 0.3 is 6.03 Å². The zero-order valence-corrected chi connectivity index (χ0v) is 15.7. The predicted molar refractivity (Wildman–Crippen MR) is 104 cm³/mol. The van der Waals surface area contributed by atoms with Crippen molar-refractivity contribution in [3.05, 3.63) is 70.7 Å². The molecule has 3 amide bonds. The summed E-state index contributed by atoms with van der Waals surface area (Å²) >= 11 is 6.32. The van der Waals surface area contributed by atoms with Crippen LogP contribution in [0.5, 0.6) is 0 Å². The highest BCUT2D eigenvalue weighted by Crippen LogP contribution is 2.31. The summed E-state index contributed by atoms with van der Waals surface area (Å²) in [6.07, 6.45) is 1.44. The molecule has 27 heavy (non-hydrogen) atoms. The highest BCUT2D eigenvalue weighted by atomic mass is 35.5. The number of piperidine rings is 1. The van der Waals surface area contributed by atoms with Crippen molar-refractivity contribution in [3.8, 4) is 0 Å². The van der Waals surface area contributed by atoms with Crippen molar-refractivity contribution in [2.45, 2.75) is 32.1 Å². The van der Waals surface area contributed by atoms with Crippen LogP contribution in [0.1, 0.15) is 24.0 Å². The fourth-order valence-corrected chi connectivity index (χ4v) is 4.11. The van der Waals surface area contributed by atoms with Gasteiger partial charge in [-0.15, -0.1) is 0 Å². The normalized spacial score (nSPS) is 22.7. The summed E-state index contributed by atoms with van der Waals surface area (Å²) in [6, 6.07) is 16.9. The lowest BCUT2D eigenvalue weighted by molar-refractivity contribution is -0.142. The number of hydrogen-bond acceptors (Lipinski definition) is 3. The molecule has 0 radical (unpaired) electrons. The summed E-state index contributed by atoms with van der Waals surface area (Å²) in [5, 5.41) is 4.00. The number of halogens is 1. The molecule has 1 N–H and O–H groups in total. The van der Waals surface area contributed by atoms with Gasteiger partial charge in [-0.05, 0) is 36.6 Å². The lowest BCUT2D eigenvalue weighted by Gasteiger charge is -2.47. The Balaban J connectivity index is 1.64. The molecular formula is C21H22ClN3O2. The summed E-state index contributed by atoms with van der Waals surface area (Å²) in [4.78, 5) is 29.5. The van der Waals surface area contributed by atoms with E-state index in [1.807, 2.05) is 54.6 Å². The Hall–Kier alpha value is -2.37. The molecule has 2 heterocycles. The van der Waals surface area contributed by atoms with Gasteiger partial charge in [0.05, 0.1) is 25.2 Å². The smallest absolute Gasteiger partial charge is 0.304 e. The Morgan fingerprint density at radius 2 is 1.74 bits per heavy atom. The first-order valence-corrected chi connectivity index (χ1v) is 9.65. The van der Waals surface area contributed by atoms with Crippen molar-refractivity contribution < 1.29 is 9.59 Å². The van der Waals surface area contributed by atoms with Gasteiger partial charge in [0.15, 0.2) is 0 Å². The third kappa shape index (κ3) is 3.57. The van der Waals surface area contributed by atoms with E-state index in [0.717, 1.165) is 30.5 Å². The third-order valence-electron chi connectivity index (χ3n) is 5.30. The molecule has 2 fully saturated rings. The molecule has 2 unspecified atom stereocenters. The number of nitrogens with one attached hydrogen (secondary N) is 1. The van der Waals surface area contributed by atoms with Gasteiger partial charge in [0.25, 0.3) is 0 Å². The molecular weight excluding hydrogens is 362 g/mol. The molecule has 2 aromatic carbocycles. The lowest BCUT2D eigenvalue weighted by Crippen LogP contribution is -2.66. The second kappa shape index (κ2) is 7.71. The molecule has 140 valence electrons. The molecule has 2 aromatic rings. The molecule has 2 aliphatic rings. The summed E-state index contributed by atoms with van der Waals surface area (Å²) in [7, 11) is 0. The third-order valence-corrected chi connectivity index (χ3v) is 5.67. The summed E-state index contributed by atoms with van der Waals surface area (Å²) < 4.78 is 0. The van der Waals surface area contributed by atoms with Crippen LogP contribution in [0.4, 0.5) is 4.79 Å². The number of nitrogens with zero attached hydrogens (tertiary/aromatic N) is 2. The summed E-state index contributed by atoms with van der Waals surface area (Å²) in [6.45, 7) is 1.48. The van der Waals surface area contributed by atoms with Crippen LogP contribution in [0.2, 0.25) is 5.02 Å². The van der Waals surface area contributed by atoms with Crippen LogP contribution >= 0.6 is 11.6 Å². The number of urea groups is 1. The molecule has 4 rings (SSSR count). The van der Waals surface area contributed by atoms with Crippen LogP contribution < -0.4 is 5.32 Å². The fourth-order valence-electron chi connectivity index (χ4n) is 3.91. The topological polar surface area (TPSA) is 52.7 Å². The maximum absolute atomic E-state index is 13.3. The van der Waals surface area contributed by atoms with Crippen LogP contribution in [-0.4, -0.2) is 34.4 Å². The zero-order valence-electron chi connectivity index (χ0n) is 15.0. The minimum absolute atomic E-state index is 0.0866. The van der Waals surface area contributed by atoms with Gasteiger partial charge in [0.1, 0.15) is 0 Å². The molecule has 0 spiro atoms. The average molecular weight is 384 g/mol. The van der Waals surface area contributed by atoms with E-state index in [0.29, 0.717) is 18.1 Å². The minimum Gasteiger partial charge on any atom is -0.304 e. The van der Waals surface area contributed by atoms with Gasteiger partial charge in [-0.2, -0.15) is 0 Å². The molecule has 6 heteroatoms. The van der Waals surface area contributed by atoms with Gasteiger partial charge in [-0.3, -0.25) is 15.0 Å². The van der Waals surface area contributed by atoms with Crippen molar-refractivity contribution in [1.29, 1.82) is 0 Å². The predicted octanol–water partition coefficient (Wildman–Crippen LogP) is 3.63. The Kier molecular flexibility index (Phi) is 5.14.